The van der Waals surface area contributed by atoms with Gasteiger partial charge < -0.3 is 4.74 Å². The molecule has 1 aliphatic rings. The van der Waals surface area contributed by atoms with Crippen LogP contribution < -0.4 is 0 Å². The number of hydrogen-bond donors (Lipinski definition) is 0. The van der Waals surface area contributed by atoms with Crippen molar-refractivity contribution in [3.8, 4) is 11.8 Å². The van der Waals surface area contributed by atoms with Gasteiger partial charge in [0.05, 0.1) is 13.2 Å². The zero-order valence-corrected chi connectivity index (χ0v) is 12.0. The summed E-state index contributed by atoms with van der Waals surface area (Å²) in [6.07, 6.45) is 1.78. The molecule has 3 nitrogen and oxygen atoms in total. The molecule has 0 radical (unpaired) electrons. The molecule has 0 bridgehead atoms. The summed E-state index contributed by atoms with van der Waals surface area (Å²) in [5, 5.41) is 2.10. The highest BCUT2D eigenvalue weighted by Crippen LogP contribution is 2.25. The smallest absolute Gasteiger partial charge is 0.113 e. The third-order valence-corrected chi connectivity index (χ3v) is 4.15. The van der Waals surface area contributed by atoms with E-state index < -0.39 is 0 Å². The molecule has 1 fully saturated rings. The van der Waals surface area contributed by atoms with Gasteiger partial charge in [0.2, 0.25) is 0 Å². The van der Waals surface area contributed by atoms with Gasteiger partial charge in [0.15, 0.2) is 0 Å². The Morgan fingerprint density at radius 3 is 2.80 bits per heavy atom. The number of pyridine rings is 1. The fourth-order valence-electron chi connectivity index (χ4n) is 2.20. The van der Waals surface area contributed by atoms with Crippen molar-refractivity contribution in [1.29, 1.82) is 0 Å². The van der Waals surface area contributed by atoms with Crippen LogP contribution in [0.5, 0.6) is 0 Å². The Kier molecular flexibility index (Phi) is 4.44. The largest absolute Gasteiger partial charge is 0.379 e. The molecule has 1 unspecified atom stereocenters. The first-order valence-electron chi connectivity index (χ1n) is 6.71. The van der Waals surface area contributed by atoms with E-state index in [9.17, 15) is 0 Å². The van der Waals surface area contributed by atoms with Crippen molar-refractivity contribution in [1.82, 2.24) is 9.88 Å². The van der Waals surface area contributed by atoms with Gasteiger partial charge in [-0.2, -0.15) is 0 Å². The van der Waals surface area contributed by atoms with Crippen LogP contribution in [-0.4, -0.2) is 36.2 Å². The average Bonchev–Trinajstić information content (AvgIpc) is 3.04. The third kappa shape index (κ3) is 3.26. The molecule has 1 atom stereocenters. The minimum atomic E-state index is 0.140. The Bertz CT molecular complexity index is 580. The maximum atomic E-state index is 5.43. The Morgan fingerprint density at radius 1 is 1.20 bits per heavy atom. The van der Waals surface area contributed by atoms with E-state index in [1.54, 1.807) is 17.5 Å². The highest BCUT2D eigenvalue weighted by Gasteiger charge is 2.21. The molecule has 0 spiro atoms. The van der Waals surface area contributed by atoms with Crippen LogP contribution in [0, 0.1) is 11.8 Å². The lowest BCUT2D eigenvalue weighted by Crippen LogP contribution is -2.38. The first kappa shape index (κ1) is 13.3. The zero-order valence-electron chi connectivity index (χ0n) is 11.2. The Labute approximate surface area is 123 Å². The van der Waals surface area contributed by atoms with Gasteiger partial charge in [0.1, 0.15) is 11.7 Å². The van der Waals surface area contributed by atoms with Gasteiger partial charge in [-0.3, -0.25) is 4.90 Å². The molecular formula is C16H16N2OS. The highest BCUT2D eigenvalue weighted by molar-refractivity contribution is 7.10. The summed E-state index contributed by atoms with van der Waals surface area (Å²) in [7, 11) is 0. The quantitative estimate of drug-likeness (QED) is 0.793. The van der Waals surface area contributed by atoms with Gasteiger partial charge in [-0.25, -0.2) is 4.98 Å². The Balaban J connectivity index is 1.84. The first-order valence-corrected chi connectivity index (χ1v) is 7.59. The molecule has 2 aromatic rings. The number of aromatic nitrogens is 1. The van der Waals surface area contributed by atoms with E-state index in [1.165, 1.54) is 4.88 Å². The topological polar surface area (TPSA) is 25.4 Å². The zero-order chi connectivity index (χ0) is 13.6. The summed E-state index contributed by atoms with van der Waals surface area (Å²) in [5.41, 5.74) is 0.822. The van der Waals surface area contributed by atoms with E-state index in [2.05, 4.69) is 39.2 Å². The van der Waals surface area contributed by atoms with Crippen molar-refractivity contribution in [3.63, 3.8) is 0 Å². The molecule has 0 saturated carbocycles. The fraction of sp³-hybridized carbons (Fsp3) is 0.312. The lowest BCUT2D eigenvalue weighted by atomic mass is 10.2. The van der Waals surface area contributed by atoms with Crippen LogP contribution in [0.25, 0.3) is 0 Å². The molecular weight excluding hydrogens is 268 g/mol. The van der Waals surface area contributed by atoms with Gasteiger partial charge in [0, 0.05) is 24.2 Å². The van der Waals surface area contributed by atoms with Gasteiger partial charge in [-0.05, 0) is 29.5 Å². The lowest BCUT2D eigenvalue weighted by molar-refractivity contribution is 0.0275. The Morgan fingerprint density at radius 2 is 2.10 bits per heavy atom. The first-order chi connectivity index (χ1) is 9.93. The van der Waals surface area contributed by atoms with Crippen molar-refractivity contribution in [2.75, 3.05) is 26.3 Å². The van der Waals surface area contributed by atoms with E-state index in [4.69, 9.17) is 4.74 Å². The molecule has 4 heteroatoms. The SMILES string of the molecule is C(#CC(c1cccs1)N1CCOCC1)c1ccccn1. The van der Waals surface area contributed by atoms with Crippen LogP contribution in [0.15, 0.2) is 41.9 Å². The summed E-state index contributed by atoms with van der Waals surface area (Å²) >= 11 is 1.75. The number of morpholine rings is 1. The summed E-state index contributed by atoms with van der Waals surface area (Å²) in [5.74, 6) is 6.57. The molecule has 0 aromatic carbocycles. The van der Waals surface area contributed by atoms with Crippen molar-refractivity contribution < 1.29 is 4.74 Å². The van der Waals surface area contributed by atoms with E-state index >= 15 is 0 Å². The number of nitrogens with zero attached hydrogens (tertiary/aromatic N) is 2. The van der Waals surface area contributed by atoms with Gasteiger partial charge >= 0.3 is 0 Å². The monoisotopic (exact) mass is 284 g/mol. The van der Waals surface area contributed by atoms with Crippen LogP contribution in [0.3, 0.4) is 0 Å². The van der Waals surface area contributed by atoms with Gasteiger partial charge in [-0.1, -0.05) is 18.1 Å². The molecule has 102 valence electrons. The molecule has 1 aliphatic heterocycles. The average molecular weight is 284 g/mol. The molecule has 20 heavy (non-hydrogen) atoms. The predicted octanol–water partition coefficient (Wildman–Crippen LogP) is 2.57. The maximum absolute atomic E-state index is 5.43. The molecule has 0 aliphatic carbocycles. The van der Waals surface area contributed by atoms with E-state index in [1.807, 2.05) is 18.2 Å². The molecule has 2 aromatic heterocycles. The third-order valence-electron chi connectivity index (χ3n) is 3.23. The predicted molar refractivity (Wildman–Crippen MR) is 80.6 cm³/mol. The number of rotatable bonds is 2. The number of hydrogen-bond acceptors (Lipinski definition) is 4. The molecule has 0 amide bonds. The van der Waals surface area contributed by atoms with Crippen LogP contribution in [0.1, 0.15) is 16.6 Å². The summed E-state index contributed by atoms with van der Waals surface area (Å²) in [6.45, 7) is 3.43. The van der Waals surface area contributed by atoms with E-state index in [0.29, 0.717) is 0 Å². The van der Waals surface area contributed by atoms with Crippen LogP contribution in [-0.2, 0) is 4.74 Å². The lowest BCUT2D eigenvalue weighted by Gasteiger charge is -2.30. The van der Waals surface area contributed by atoms with E-state index in [-0.39, 0.29) is 6.04 Å². The van der Waals surface area contributed by atoms with Crippen molar-refractivity contribution in [2.24, 2.45) is 0 Å². The van der Waals surface area contributed by atoms with E-state index in [0.717, 1.165) is 32.0 Å². The van der Waals surface area contributed by atoms with Gasteiger partial charge in [0.25, 0.3) is 0 Å². The van der Waals surface area contributed by atoms with Gasteiger partial charge in [-0.15, -0.1) is 11.3 Å². The summed E-state index contributed by atoms with van der Waals surface area (Å²) < 4.78 is 5.43. The second-order valence-corrected chi connectivity index (χ2v) is 5.53. The van der Waals surface area contributed by atoms with Crippen molar-refractivity contribution >= 4 is 11.3 Å². The molecule has 3 heterocycles. The van der Waals surface area contributed by atoms with Crippen LogP contribution >= 0.6 is 11.3 Å². The molecule has 0 N–H and O–H groups in total. The second-order valence-electron chi connectivity index (χ2n) is 4.55. The number of ether oxygens (including phenoxy) is 1. The maximum Gasteiger partial charge on any atom is 0.113 e. The summed E-state index contributed by atoms with van der Waals surface area (Å²) in [6, 6.07) is 10.2. The fourth-order valence-corrected chi connectivity index (χ4v) is 3.01. The second kappa shape index (κ2) is 6.67. The minimum absolute atomic E-state index is 0.140. The van der Waals surface area contributed by atoms with Crippen molar-refractivity contribution in [2.45, 2.75) is 6.04 Å². The standard InChI is InChI=1S/C16H16N2OS/c1-2-8-17-14(4-1)6-7-15(16-5-3-13-20-16)18-9-11-19-12-10-18/h1-5,8,13,15H,9-12H2. The minimum Gasteiger partial charge on any atom is -0.379 e. The Hall–Kier alpha value is -1.67. The number of thiophene rings is 1. The normalized spacial score (nSPS) is 17.2. The molecule has 3 rings (SSSR count). The van der Waals surface area contributed by atoms with Crippen LogP contribution in [0.2, 0.25) is 0 Å². The van der Waals surface area contributed by atoms with Crippen LogP contribution in [0.4, 0.5) is 0 Å². The molecule has 1 saturated heterocycles. The highest BCUT2D eigenvalue weighted by atomic mass is 32.1. The van der Waals surface area contributed by atoms with Crippen molar-refractivity contribution in [3.05, 3.63) is 52.5 Å². The summed E-state index contributed by atoms with van der Waals surface area (Å²) in [4.78, 5) is 7.93.